The Morgan fingerprint density at radius 3 is 2.45 bits per heavy atom. The second-order valence-electron chi connectivity index (χ2n) is 4.99. The number of hydrogen-bond acceptors (Lipinski definition) is 2. The lowest BCUT2D eigenvalue weighted by atomic mass is 10.0. The molecule has 0 aliphatic rings. The topological polar surface area (TPSA) is 26.3 Å². The van der Waals surface area contributed by atoms with Crippen LogP contribution in [0.25, 0.3) is 0 Å². The van der Waals surface area contributed by atoms with Crippen molar-refractivity contribution in [3.05, 3.63) is 65.0 Å². The minimum Gasteiger partial charge on any atom is -0.491 e. The van der Waals surface area contributed by atoms with E-state index in [1.54, 1.807) is 43.3 Å². The lowest BCUT2D eigenvalue weighted by molar-refractivity contribution is 0.103. The molecule has 0 saturated carbocycles. The molecule has 0 atom stereocenters. The summed E-state index contributed by atoms with van der Waals surface area (Å²) in [5, 5.41) is 0. The zero-order valence-corrected chi connectivity index (χ0v) is 11.8. The maximum absolute atomic E-state index is 13.5. The highest BCUT2D eigenvalue weighted by molar-refractivity contribution is 6.09. The van der Waals surface area contributed by atoms with Crippen molar-refractivity contribution in [3.63, 3.8) is 0 Å². The third kappa shape index (κ3) is 3.23. The highest BCUT2D eigenvalue weighted by Crippen LogP contribution is 2.19. The SMILES string of the molecule is Cc1ccc(C(=O)c2cccc(OC(C)C)c2)cc1F. The van der Waals surface area contributed by atoms with Crippen molar-refractivity contribution in [1.29, 1.82) is 0 Å². The fourth-order valence-electron chi connectivity index (χ4n) is 1.88. The van der Waals surface area contributed by atoms with E-state index < -0.39 is 0 Å². The van der Waals surface area contributed by atoms with Crippen LogP contribution in [0.2, 0.25) is 0 Å². The van der Waals surface area contributed by atoms with Crippen molar-refractivity contribution < 1.29 is 13.9 Å². The van der Waals surface area contributed by atoms with Gasteiger partial charge in [-0.05, 0) is 44.5 Å². The minimum atomic E-state index is -0.370. The maximum atomic E-state index is 13.5. The Kier molecular flexibility index (Phi) is 4.18. The lowest BCUT2D eigenvalue weighted by Crippen LogP contribution is -2.07. The van der Waals surface area contributed by atoms with E-state index in [9.17, 15) is 9.18 Å². The second-order valence-corrected chi connectivity index (χ2v) is 4.99. The molecule has 0 spiro atoms. The van der Waals surface area contributed by atoms with Crippen LogP contribution in [0.15, 0.2) is 42.5 Å². The Labute approximate surface area is 118 Å². The number of benzene rings is 2. The third-order valence-electron chi connectivity index (χ3n) is 2.90. The van der Waals surface area contributed by atoms with E-state index in [0.29, 0.717) is 22.4 Å². The number of ether oxygens (including phenoxy) is 1. The molecule has 0 N–H and O–H groups in total. The van der Waals surface area contributed by atoms with Gasteiger partial charge in [0, 0.05) is 11.1 Å². The number of rotatable bonds is 4. The summed E-state index contributed by atoms with van der Waals surface area (Å²) in [5.74, 6) is 0.0574. The molecule has 0 aliphatic heterocycles. The van der Waals surface area contributed by atoms with Gasteiger partial charge in [-0.25, -0.2) is 4.39 Å². The highest BCUT2D eigenvalue weighted by Gasteiger charge is 2.12. The molecule has 3 heteroatoms. The van der Waals surface area contributed by atoms with Gasteiger partial charge in [-0.2, -0.15) is 0 Å². The Bertz CT molecular complexity index is 633. The Morgan fingerprint density at radius 2 is 1.80 bits per heavy atom. The van der Waals surface area contributed by atoms with E-state index >= 15 is 0 Å². The smallest absolute Gasteiger partial charge is 0.193 e. The van der Waals surface area contributed by atoms with Gasteiger partial charge in [-0.15, -0.1) is 0 Å². The molecule has 0 aromatic heterocycles. The van der Waals surface area contributed by atoms with Crippen LogP contribution in [0.5, 0.6) is 5.75 Å². The second kappa shape index (κ2) is 5.87. The standard InChI is InChI=1S/C17H17FO2/c1-11(2)20-15-6-4-5-13(9-15)17(19)14-8-7-12(3)16(18)10-14/h4-11H,1-3H3. The van der Waals surface area contributed by atoms with Crippen LogP contribution in [0.3, 0.4) is 0 Å². The van der Waals surface area contributed by atoms with Crippen molar-refractivity contribution in [2.24, 2.45) is 0 Å². The fraction of sp³-hybridized carbons (Fsp3) is 0.235. The summed E-state index contributed by atoms with van der Waals surface area (Å²) >= 11 is 0. The summed E-state index contributed by atoms with van der Waals surface area (Å²) in [6.07, 6.45) is 0.0390. The molecule has 20 heavy (non-hydrogen) atoms. The predicted molar refractivity (Wildman–Crippen MR) is 76.8 cm³/mol. The summed E-state index contributed by atoms with van der Waals surface area (Å²) in [7, 11) is 0. The van der Waals surface area contributed by atoms with Crippen molar-refractivity contribution in [2.75, 3.05) is 0 Å². The van der Waals surface area contributed by atoms with Crippen LogP contribution >= 0.6 is 0 Å². The van der Waals surface area contributed by atoms with Crippen molar-refractivity contribution in [3.8, 4) is 5.75 Å². The maximum Gasteiger partial charge on any atom is 0.193 e. The first-order chi connectivity index (χ1) is 9.47. The molecule has 0 unspecified atom stereocenters. The first kappa shape index (κ1) is 14.3. The van der Waals surface area contributed by atoms with Gasteiger partial charge in [-0.1, -0.05) is 24.3 Å². The molecule has 0 amide bonds. The minimum absolute atomic E-state index is 0.0390. The predicted octanol–water partition coefficient (Wildman–Crippen LogP) is 4.15. The summed E-state index contributed by atoms with van der Waals surface area (Å²) < 4.78 is 19.1. The normalized spacial score (nSPS) is 10.7. The largest absolute Gasteiger partial charge is 0.491 e. The Morgan fingerprint density at radius 1 is 1.10 bits per heavy atom. The van der Waals surface area contributed by atoms with E-state index in [4.69, 9.17) is 4.74 Å². The molecule has 2 rings (SSSR count). The van der Waals surface area contributed by atoms with Gasteiger partial charge >= 0.3 is 0 Å². The zero-order valence-electron chi connectivity index (χ0n) is 11.8. The molecule has 2 aromatic carbocycles. The molecule has 2 nitrogen and oxygen atoms in total. The van der Waals surface area contributed by atoms with Crippen molar-refractivity contribution >= 4 is 5.78 Å². The van der Waals surface area contributed by atoms with Gasteiger partial charge in [0.05, 0.1) is 6.10 Å². The molecule has 2 aromatic rings. The summed E-state index contributed by atoms with van der Waals surface area (Å²) in [6.45, 7) is 5.51. The quantitative estimate of drug-likeness (QED) is 0.781. The summed E-state index contributed by atoms with van der Waals surface area (Å²) in [6, 6.07) is 11.5. The first-order valence-corrected chi connectivity index (χ1v) is 6.55. The molecular weight excluding hydrogens is 255 g/mol. The van der Waals surface area contributed by atoms with Crippen molar-refractivity contribution in [1.82, 2.24) is 0 Å². The first-order valence-electron chi connectivity index (χ1n) is 6.55. The van der Waals surface area contributed by atoms with Gasteiger partial charge in [0.25, 0.3) is 0 Å². The van der Waals surface area contributed by atoms with Crippen LogP contribution in [0, 0.1) is 12.7 Å². The molecule has 0 bridgehead atoms. The van der Waals surface area contributed by atoms with Gasteiger partial charge in [0.15, 0.2) is 5.78 Å². The van der Waals surface area contributed by atoms with Crippen LogP contribution in [0.4, 0.5) is 4.39 Å². The Hall–Kier alpha value is -2.16. The number of ketones is 1. The monoisotopic (exact) mass is 272 g/mol. The summed E-state index contributed by atoms with van der Waals surface area (Å²) in [4.78, 5) is 12.3. The van der Waals surface area contributed by atoms with E-state index in [2.05, 4.69) is 0 Å². The van der Waals surface area contributed by atoms with Crippen LogP contribution in [0.1, 0.15) is 35.3 Å². The number of halogens is 1. The van der Waals surface area contributed by atoms with E-state index in [0.717, 1.165) is 0 Å². The van der Waals surface area contributed by atoms with Gasteiger partial charge < -0.3 is 4.74 Å². The third-order valence-corrected chi connectivity index (χ3v) is 2.90. The molecule has 0 aliphatic carbocycles. The highest BCUT2D eigenvalue weighted by atomic mass is 19.1. The molecule has 104 valence electrons. The fourth-order valence-corrected chi connectivity index (χ4v) is 1.88. The molecular formula is C17H17FO2. The zero-order chi connectivity index (χ0) is 14.7. The van der Waals surface area contributed by atoms with Crippen LogP contribution < -0.4 is 4.74 Å². The molecule has 0 heterocycles. The number of aryl methyl sites for hydroxylation is 1. The number of carbonyl (C=O) groups excluding carboxylic acids is 1. The van der Waals surface area contributed by atoms with Gasteiger partial charge in [-0.3, -0.25) is 4.79 Å². The average Bonchev–Trinajstić information content (AvgIpc) is 2.40. The van der Waals surface area contributed by atoms with E-state index in [-0.39, 0.29) is 17.7 Å². The van der Waals surface area contributed by atoms with E-state index in [1.165, 1.54) is 6.07 Å². The Balaban J connectivity index is 2.30. The van der Waals surface area contributed by atoms with Gasteiger partial charge in [0.2, 0.25) is 0 Å². The lowest BCUT2D eigenvalue weighted by Gasteiger charge is -2.10. The van der Waals surface area contributed by atoms with E-state index in [1.807, 2.05) is 13.8 Å². The molecule has 0 saturated heterocycles. The van der Waals surface area contributed by atoms with Gasteiger partial charge in [0.1, 0.15) is 11.6 Å². The molecule has 0 radical (unpaired) electrons. The summed E-state index contributed by atoms with van der Waals surface area (Å²) in [5.41, 5.74) is 1.36. The number of carbonyl (C=O) groups is 1. The molecule has 0 fully saturated rings. The van der Waals surface area contributed by atoms with Crippen molar-refractivity contribution in [2.45, 2.75) is 26.9 Å². The van der Waals surface area contributed by atoms with Crippen LogP contribution in [-0.2, 0) is 0 Å². The van der Waals surface area contributed by atoms with Crippen LogP contribution in [-0.4, -0.2) is 11.9 Å². The number of hydrogen-bond donors (Lipinski definition) is 0. The average molecular weight is 272 g/mol.